The number of likely N-dealkylation sites (tertiary alicyclic amines) is 1. The fourth-order valence-electron chi connectivity index (χ4n) is 3.08. The molecular formula is C18H24N2O5. The number of para-hydroxylation sites is 2. The fraction of sp³-hybridized carbons (Fsp3) is 0.556. The van der Waals surface area contributed by atoms with E-state index >= 15 is 0 Å². The molecule has 3 rings (SSSR count). The van der Waals surface area contributed by atoms with E-state index in [1.807, 2.05) is 19.9 Å². The maximum absolute atomic E-state index is 12.4. The first-order valence-corrected chi connectivity index (χ1v) is 8.63. The molecule has 136 valence electrons. The normalized spacial score (nSPS) is 19.2. The lowest BCUT2D eigenvalue weighted by Crippen LogP contribution is -2.50. The van der Waals surface area contributed by atoms with Crippen molar-refractivity contribution in [2.45, 2.75) is 38.6 Å². The summed E-state index contributed by atoms with van der Waals surface area (Å²) in [6.45, 7) is 5.86. The van der Waals surface area contributed by atoms with E-state index in [9.17, 15) is 9.59 Å². The number of piperidine rings is 1. The molecule has 7 nitrogen and oxygen atoms in total. The molecule has 0 bridgehead atoms. The molecule has 25 heavy (non-hydrogen) atoms. The predicted octanol–water partition coefficient (Wildman–Crippen LogP) is 1.78. The average molecular weight is 348 g/mol. The molecule has 2 heterocycles. The summed E-state index contributed by atoms with van der Waals surface area (Å²) in [5.41, 5.74) is 0.491. The average Bonchev–Trinajstić information content (AvgIpc) is 3.04. The summed E-state index contributed by atoms with van der Waals surface area (Å²) in [5, 5.41) is 2.66. The second kappa shape index (κ2) is 7.41. The third-order valence-electron chi connectivity index (χ3n) is 4.32. The Hall–Kier alpha value is -2.12. The maximum atomic E-state index is 12.4. The molecule has 1 N–H and O–H groups in total. The minimum absolute atomic E-state index is 0.0292. The number of carbonyl (C=O) groups excluding carboxylic acids is 2. The van der Waals surface area contributed by atoms with Gasteiger partial charge in [0.25, 0.3) is 0 Å². The highest BCUT2D eigenvalue weighted by Crippen LogP contribution is 2.31. The van der Waals surface area contributed by atoms with Crippen LogP contribution in [0.2, 0.25) is 0 Å². The lowest BCUT2D eigenvalue weighted by molar-refractivity contribution is -0.187. The Bertz CT molecular complexity index is 630. The molecule has 0 unspecified atom stereocenters. The van der Waals surface area contributed by atoms with E-state index in [0.717, 1.165) is 0 Å². The van der Waals surface area contributed by atoms with Crippen LogP contribution < -0.4 is 10.1 Å². The Balaban J connectivity index is 1.59. The van der Waals surface area contributed by atoms with Crippen molar-refractivity contribution in [2.24, 2.45) is 0 Å². The van der Waals surface area contributed by atoms with Gasteiger partial charge in [0.2, 0.25) is 0 Å². The smallest absolute Gasteiger partial charge is 0.314 e. The molecular weight excluding hydrogens is 324 g/mol. The lowest BCUT2D eigenvalue weighted by Gasteiger charge is -2.37. The van der Waals surface area contributed by atoms with Gasteiger partial charge in [-0.15, -0.1) is 0 Å². The SMILES string of the molecule is CC(C)Oc1ccccc1NC(=O)C(=O)N1CCC2(CC1)OCCO2. The van der Waals surface area contributed by atoms with E-state index in [0.29, 0.717) is 50.6 Å². The van der Waals surface area contributed by atoms with Crippen molar-refractivity contribution in [3.8, 4) is 5.75 Å². The van der Waals surface area contributed by atoms with Gasteiger partial charge in [0.1, 0.15) is 5.75 Å². The number of amides is 2. The standard InChI is InChI=1S/C18H24N2O5/c1-13(2)25-15-6-4-3-5-14(15)19-16(21)17(22)20-9-7-18(8-10-20)23-11-12-24-18/h3-6,13H,7-12H2,1-2H3,(H,19,21). The van der Waals surface area contributed by atoms with E-state index in [4.69, 9.17) is 14.2 Å². The quantitative estimate of drug-likeness (QED) is 0.843. The summed E-state index contributed by atoms with van der Waals surface area (Å²) in [4.78, 5) is 26.3. The van der Waals surface area contributed by atoms with Gasteiger partial charge in [-0.2, -0.15) is 0 Å². The van der Waals surface area contributed by atoms with Crippen LogP contribution in [0.5, 0.6) is 5.75 Å². The van der Waals surface area contributed by atoms with Crippen LogP contribution in [0, 0.1) is 0 Å². The molecule has 0 radical (unpaired) electrons. The maximum Gasteiger partial charge on any atom is 0.314 e. The minimum atomic E-state index is -0.663. The van der Waals surface area contributed by atoms with E-state index in [2.05, 4.69) is 5.32 Å². The Kier molecular flexibility index (Phi) is 5.24. The van der Waals surface area contributed by atoms with E-state index < -0.39 is 17.6 Å². The second-order valence-electron chi connectivity index (χ2n) is 6.52. The first-order chi connectivity index (χ1) is 12.0. The number of hydrogen-bond acceptors (Lipinski definition) is 5. The topological polar surface area (TPSA) is 77.1 Å². The first-order valence-electron chi connectivity index (χ1n) is 8.63. The van der Waals surface area contributed by atoms with Gasteiger partial charge in [0, 0.05) is 25.9 Å². The van der Waals surface area contributed by atoms with Gasteiger partial charge < -0.3 is 24.4 Å². The molecule has 0 aliphatic carbocycles. The highest BCUT2D eigenvalue weighted by Gasteiger charge is 2.41. The van der Waals surface area contributed by atoms with Crippen molar-refractivity contribution < 1.29 is 23.8 Å². The number of benzene rings is 1. The van der Waals surface area contributed by atoms with Gasteiger partial charge in [-0.25, -0.2) is 0 Å². The molecule has 2 amide bonds. The molecule has 1 aromatic rings. The van der Waals surface area contributed by atoms with Crippen molar-refractivity contribution in [3.05, 3.63) is 24.3 Å². The highest BCUT2D eigenvalue weighted by molar-refractivity contribution is 6.39. The highest BCUT2D eigenvalue weighted by atomic mass is 16.7. The third-order valence-corrected chi connectivity index (χ3v) is 4.32. The van der Waals surface area contributed by atoms with Crippen molar-refractivity contribution >= 4 is 17.5 Å². The van der Waals surface area contributed by atoms with Crippen LogP contribution >= 0.6 is 0 Å². The molecule has 2 aliphatic rings. The van der Waals surface area contributed by atoms with Gasteiger partial charge in [0.15, 0.2) is 5.79 Å². The van der Waals surface area contributed by atoms with Crippen molar-refractivity contribution in [3.63, 3.8) is 0 Å². The van der Waals surface area contributed by atoms with Gasteiger partial charge in [-0.05, 0) is 26.0 Å². The van der Waals surface area contributed by atoms with E-state index in [1.165, 1.54) is 4.90 Å². The molecule has 2 saturated heterocycles. The number of anilines is 1. The number of hydrogen-bond donors (Lipinski definition) is 1. The van der Waals surface area contributed by atoms with Gasteiger partial charge in [-0.3, -0.25) is 9.59 Å². The number of rotatable bonds is 3. The summed E-state index contributed by atoms with van der Waals surface area (Å²) in [6, 6.07) is 7.08. The molecule has 2 aliphatic heterocycles. The zero-order valence-electron chi connectivity index (χ0n) is 14.6. The molecule has 1 aromatic carbocycles. The van der Waals surface area contributed by atoms with Crippen LogP contribution in [0.4, 0.5) is 5.69 Å². The lowest BCUT2D eigenvalue weighted by atomic mass is 10.0. The number of carbonyl (C=O) groups is 2. The van der Waals surface area contributed by atoms with Crippen LogP contribution in [0.15, 0.2) is 24.3 Å². The molecule has 2 fully saturated rings. The largest absolute Gasteiger partial charge is 0.489 e. The number of nitrogens with one attached hydrogen (secondary N) is 1. The van der Waals surface area contributed by atoms with Gasteiger partial charge in [-0.1, -0.05) is 12.1 Å². The van der Waals surface area contributed by atoms with Crippen molar-refractivity contribution in [2.75, 3.05) is 31.6 Å². The van der Waals surface area contributed by atoms with Crippen LogP contribution in [0.25, 0.3) is 0 Å². The predicted molar refractivity (Wildman–Crippen MR) is 91.3 cm³/mol. The van der Waals surface area contributed by atoms with Crippen LogP contribution in [0.3, 0.4) is 0 Å². The van der Waals surface area contributed by atoms with Gasteiger partial charge >= 0.3 is 11.8 Å². The Labute approximate surface area is 147 Å². The van der Waals surface area contributed by atoms with Gasteiger partial charge in [0.05, 0.1) is 25.0 Å². The number of nitrogens with zero attached hydrogens (tertiary/aromatic N) is 1. The molecule has 7 heteroatoms. The van der Waals surface area contributed by atoms with Crippen LogP contribution in [-0.2, 0) is 19.1 Å². The summed E-state index contributed by atoms with van der Waals surface area (Å²) >= 11 is 0. The first kappa shape index (κ1) is 17.7. The zero-order valence-corrected chi connectivity index (χ0v) is 14.6. The Morgan fingerprint density at radius 2 is 1.80 bits per heavy atom. The third kappa shape index (κ3) is 4.11. The molecule has 1 spiro atoms. The second-order valence-corrected chi connectivity index (χ2v) is 6.52. The zero-order chi connectivity index (χ0) is 17.9. The van der Waals surface area contributed by atoms with Crippen LogP contribution in [-0.4, -0.2) is 54.9 Å². The molecule has 0 aromatic heterocycles. The van der Waals surface area contributed by atoms with Crippen LogP contribution in [0.1, 0.15) is 26.7 Å². The summed E-state index contributed by atoms with van der Waals surface area (Å²) in [7, 11) is 0. The van der Waals surface area contributed by atoms with E-state index in [-0.39, 0.29) is 6.10 Å². The Morgan fingerprint density at radius 3 is 2.44 bits per heavy atom. The minimum Gasteiger partial charge on any atom is -0.489 e. The fourth-order valence-corrected chi connectivity index (χ4v) is 3.08. The Morgan fingerprint density at radius 1 is 1.16 bits per heavy atom. The summed E-state index contributed by atoms with van der Waals surface area (Å²) in [5.74, 6) is -1.23. The van der Waals surface area contributed by atoms with Crippen molar-refractivity contribution in [1.82, 2.24) is 4.90 Å². The monoisotopic (exact) mass is 348 g/mol. The number of ether oxygens (including phenoxy) is 3. The van der Waals surface area contributed by atoms with Crippen molar-refractivity contribution in [1.29, 1.82) is 0 Å². The summed E-state index contributed by atoms with van der Waals surface area (Å²) in [6.07, 6.45) is 1.14. The molecule has 0 atom stereocenters. The van der Waals surface area contributed by atoms with E-state index in [1.54, 1.807) is 18.2 Å². The summed E-state index contributed by atoms with van der Waals surface area (Å²) < 4.78 is 16.9. The molecule has 0 saturated carbocycles.